The molecular weight excluding hydrogens is 435 g/mol. The average molecular weight is 463 g/mol. The van der Waals surface area contributed by atoms with Gasteiger partial charge in [0.2, 0.25) is 0 Å². The molecule has 0 radical (unpaired) electrons. The fraction of sp³-hybridized carbons (Fsp3) is 0.429. The average Bonchev–Trinajstić information content (AvgIpc) is 3.19. The van der Waals surface area contributed by atoms with Gasteiger partial charge in [0.05, 0.1) is 24.7 Å². The summed E-state index contributed by atoms with van der Waals surface area (Å²) in [5, 5.41) is 11.9. The smallest absolute Gasteiger partial charge is 0.258 e. The van der Waals surface area contributed by atoms with Crippen LogP contribution in [0, 0.1) is 5.82 Å². The van der Waals surface area contributed by atoms with Gasteiger partial charge in [-0.25, -0.2) is 19.0 Å². The predicted molar refractivity (Wildman–Crippen MR) is 122 cm³/mol. The third-order valence-electron chi connectivity index (χ3n) is 4.33. The van der Waals surface area contributed by atoms with Crippen LogP contribution in [0.3, 0.4) is 0 Å². The molecule has 0 bridgehead atoms. The zero-order valence-corrected chi connectivity index (χ0v) is 19.0. The van der Waals surface area contributed by atoms with Crippen molar-refractivity contribution in [2.75, 3.05) is 44.0 Å². The highest BCUT2D eigenvalue weighted by Gasteiger charge is 2.13. The lowest BCUT2D eigenvalue weighted by molar-refractivity contribution is -0.123. The molecule has 9 nitrogen and oxygen atoms in total. The lowest BCUT2D eigenvalue weighted by Crippen LogP contribution is -2.31. The van der Waals surface area contributed by atoms with Crippen molar-refractivity contribution in [3.8, 4) is 5.75 Å². The molecule has 2 aromatic heterocycles. The monoisotopic (exact) mass is 462 g/mol. The molecule has 1 aromatic carbocycles. The maximum absolute atomic E-state index is 13.6. The lowest BCUT2D eigenvalue weighted by Gasteiger charge is -2.10. The molecule has 2 N–H and O–H groups in total. The van der Waals surface area contributed by atoms with Crippen molar-refractivity contribution in [2.45, 2.75) is 25.5 Å². The van der Waals surface area contributed by atoms with Gasteiger partial charge in [-0.1, -0.05) is 30.8 Å². The predicted octanol–water partition coefficient (Wildman–Crippen LogP) is 2.72. The van der Waals surface area contributed by atoms with Crippen LogP contribution >= 0.6 is 11.8 Å². The number of benzene rings is 1. The SMILES string of the molecule is CCOCCNc1nc(SCC)nc2c1cnn2CCNC(=O)COc1ccccc1F. The van der Waals surface area contributed by atoms with Crippen LogP contribution in [0.15, 0.2) is 35.6 Å². The van der Waals surface area contributed by atoms with Gasteiger partial charge in [0.25, 0.3) is 5.91 Å². The second kappa shape index (κ2) is 12.2. The summed E-state index contributed by atoms with van der Waals surface area (Å²) in [5.41, 5.74) is 0.687. The molecule has 11 heteroatoms. The molecule has 0 aliphatic rings. The standard InChI is InChI=1S/C21H27FN6O3S/c1-3-30-12-10-24-19-15-13-25-28(20(15)27-21(26-19)32-4-2)11-9-23-18(29)14-31-17-8-6-5-7-16(17)22/h5-8,13H,3-4,9-12,14H2,1-2H3,(H,23,29)(H,24,26,27). The molecule has 0 saturated heterocycles. The van der Waals surface area contributed by atoms with Crippen molar-refractivity contribution >= 4 is 34.5 Å². The minimum Gasteiger partial charge on any atom is -0.481 e. The Hall–Kier alpha value is -2.92. The Morgan fingerprint density at radius 1 is 1.22 bits per heavy atom. The van der Waals surface area contributed by atoms with E-state index < -0.39 is 5.82 Å². The zero-order valence-electron chi connectivity index (χ0n) is 18.1. The summed E-state index contributed by atoms with van der Waals surface area (Å²) in [7, 11) is 0. The normalized spacial score (nSPS) is 11.0. The second-order valence-corrected chi connectivity index (χ2v) is 7.82. The molecule has 32 heavy (non-hydrogen) atoms. The summed E-state index contributed by atoms with van der Waals surface area (Å²) in [4.78, 5) is 21.2. The summed E-state index contributed by atoms with van der Waals surface area (Å²) in [6.07, 6.45) is 1.71. The molecule has 3 rings (SSSR count). The summed E-state index contributed by atoms with van der Waals surface area (Å²) in [5.74, 6) is 0.743. The van der Waals surface area contributed by atoms with Crippen LogP contribution in [-0.4, -0.2) is 64.3 Å². The van der Waals surface area contributed by atoms with Crippen molar-refractivity contribution < 1.29 is 18.7 Å². The van der Waals surface area contributed by atoms with Gasteiger partial charge in [0, 0.05) is 19.7 Å². The molecular formula is C21H27FN6O3S. The Morgan fingerprint density at radius 2 is 2.06 bits per heavy atom. The molecule has 0 spiro atoms. The number of fused-ring (bicyclic) bond motifs is 1. The fourth-order valence-electron chi connectivity index (χ4n) is 2.87. The highest BCUT2D eigenvalue weighted by Crippen LogP contribution is 2.24. The van der Waals surface area contributed by atoms with Crippen LogP contribution in [-0.2, 0) is 16.1 Å². The van der Waals surface area contributed by atoms with Gasteiger partial charge in [-0.05, 0) is 24.8 Å². The first-order chi connectivity index (χ1) is 15.6. The van der Waals surface area contributed by atoms with Crippen molar-refractivity contribution in [1.29, 1.82) is 0 Å². The molecule has 0 aliphatic carbocycles. The molecule has 0 aliphatic heterocycles. The number of para-hydroxylation sites is 1. The van der Waals surface area contributed by atoms with Crippen LogP contribution in [0.25, 0.3) is 11.0 Å². The highest BCUT2D eigenvalue weighted by molar-refractivity contribution is 7.99. The first kappa shape index (κ1) is 23.7. The minimum atomic E-state index is -0.505. The van der Waals surface area contributed by atoms with Gasteiger partial charge < -0.3 is 20.1 Å². The van der Waals surface area contributed by atoms with Crippen molar-refractivity contribution in [3.63, 3.8) is 0 Å². The molecule has 0 atom stereocenters. The molecule has 172 valence electrons. The van der Waals surface area contributed by atoms with Gasteiger partial charge in [0.1, 0.15) is 5.82 Å². The number of nitrogens with zero attached hydrogens (tertiary/aromatic N) is 4. The van der Waals surface area contributed by atoms with E-state index in [1.165, 1.54) is 12.1 Å². The summed E-state index contributed by atoms with van der Waals surface area (Å²) < 4.78 is 25.9. The molecule has 1 amide bonds. The molecule has 0 fully saturated rings. The minimum absolute atomic E-state index is 0.0442. The van der Waals surface area contributed by atoms with E-state index in [-0.39, 0.29) is 18.3 Å². The number of ether oxygens (including phenoxy) is 2. The lowest BCUT2D eigenvalue weighted by atomic mass is 10.3. The van der Waals surface area contributed by atoms with Crippen LogP contribution in [0.5, 0.6) is 5.75 Å². The first-order valence-electron chi connectivity index (χ1n) is 10.4. The number of nitrogens with one attached hydrogen (secondary N) is 2. The summed E-state index contributed by atoms with van der Waals surface area (Å²) >= 11 is 1.54. The van der Waals surface area contributed by atoms with Crippen molar-refractivity contribution in [1.82, 2.24) is 25.1 Å². The first-order valence-corrected chi connectivity index (χ1v) is 11.4. The van der Waals surface area contributed by atoms with Crippen LogP contribution < -0.4 is 15.4 Å². The third-order valence-corrected chi connectivity index (χ3v) is 5.06. The molecule has 0 unspecified atom stereocenters. The van der Waals surface area contributed by atoms with Crippen LogP contribution in [0.4, 0.5) is 10.2 Å². The number of amides is 1. The summed E-state index contributed by atoms with van der Waals surface area (Å²) in [6, 6.07) is 5.96. The van der Waals surface area contributed by atoms with E-state index in [1.54, 1.807) is 34.8 Å². The van der Waals surface area contributed by atoms with E-state index in [2.05, 4.69) is 25.7 Å². The van der Waals surface area contributed by atoms with Crippen LogP contribution in [0.1, 0.15) is 13.8 Å². The van der Waals surface area contributed by atoms with E-state index >= 15 is 0 Å². The topological polar surface area (TPSA) is 103 Å². The number of carbonyl (C=O) groups excluding carboxylic acids is 1. The van der Waals surface area contributed by atoms with Crippen molar-refractivity contribution in [3.05, 3.63) is 36.3 Å². The van der Waals surface area contributed by atoms with Crippen LogP contribution in [0.2, 0.25) is 0 Å². The molecule has 0 saturated carbocycles. The molecule has 3 aromatic rings. The van der Waals surface area contributed by atoms with Gasteiger partial charge in [-0.2, -0.15) is 5.10 Å². The van der Waals surface area contributed by atoms with E-state index in [0.29, 0.717) is 49.5 Å². The maximum Gasteiger partial charge on any atom is 0.258 e. The number of anilines is 1. The number of rotatable bonds is 13. The van der Waals surface area contributed by atoms with Crippen molar-refractivity contribution in [2.24, 2.45) is 0 Å². The zero-order chi connectivity index (χ0) is 22.8. The quantitative estimate of drug-likeness (QED) is 0.227. The number of halogens is 1. The van der Waals surface area contributed by atoms with Gasteiger partial charge >= 0.3 is 0 Å². The maximum atomic E-state index is 13.6. The van der Waals surface area contributed by atoms with Gasteiger partial charge in [-0.3, -0.25) is 4.79 Å². The fourth-order valence-corrected chi connectivity index (χ4v) is 3.44. The number of carbonyl (C=O) groups is 1. The molecule has 2 heterocycles. The number of hydrogen-bond donors (Lipinski definition) is 2. The second-order valence-electron chi connectivity index (χ2n) is 6.59. The van der Waals surface area contributed by atoms with E-state index in [1.807, 2.05) is 13.8 Å². The van der Waals surface area contributed by atoms with E-state index in [9.17, 15) is 9.18 Å². The number of hydrogen-bond acceptors (Lipinski definition) is 8. The summed E-state index contributed by atoms with van der Waals surface area (Å²) in [6.45, 7) is 6.32. The van der Waals surface area contributed by atoms with Gasteiger partial charge in [0.15, 0.2) is 29.0 Å². The Kier molecular flexibility index (Phi) is 9.05. The largest absolute Gasteiger partial charge is 0.481 e. The number of aromatic nitrogens is 4. The Bertz CT molecular complexity index is 1030. The Morgan fingerprint density at radius 3 is 2.84 bits per heavy atom. The Labute approximate surface area is 190 Å². The Balaban J connectivity index is 1.59. The van der Waals surface area contributed by atoms with Gasteiger partial charge in [-0.15, -0.1) is 0 Å². The third kappa shape index (κ3) is 6.54. The number of thioether (sulfide) groups is 1. The van der Waals surface area contributed by atoms with E-state index in [0.717, 1.165) is 11.1 Å². The highest BCUT2D eigenvalue weighted by atomic mass is 32.2. The van der Waals surface area contributed by atoms with E-state index in [4.69, 9.17) is 9.47 Å².